The summed E-state index contributed by atoms with van der Waals surface area (Å²) in [6.07, 6.45) is 4.51. The summed E-state index contributed by atoms with van der Waals surface area (Å²) in [6, 6.07) is 13.9. The molecule has 3 fully saturated rings. The molecule has 0 radical (unpaired) electrons. The topological polar surface area (TPSA) is 70.7 Å². The molecule has 2 aliphatic heterocycles. The highest BCUT2D eigenvalue weighted by molar-refractivity contribution is 6.02. The predicted octanol–water partition coefficient (Wildman–Crippen LogP) is 3.96. The van der Waals surface area contributed by atoms with E-state index >= 15 is 0 Å². The number of fused-ring (bicyclic) bond motifs is 4. The maximum Gasteiger partial charge on any atom is 0.255 e. The first-order chi connectivity index (χ1) is 15.9. The van der Waals surface area contributed by atoms with E-state index < -0.39 is 5.66 Å². The molecule has 7 rings (SSSR count). The average Bonchev–Trinajstić information content (AvgIpc) is 2.82. The van der Waals surface area contributed by atoms with Crippen LogP contribution in [0.15, 0.2) is 42.5 Å². The van der Waals surface area contributed by atoms with E-state index in [9.17, 15) is 9.59 Å². The molecular formula is C27H31N3O3. The molecule has 2 aromatic rings. The second kappa shape index (κ2) is 7.24. The third-order valence-corrected chi connectivity index (χ3v) is 8.71. The van der Waals surface area contributed by atoms with Crippen molar-refractivity contribution >= 4 is 17.5 Å². The molecule has 5 aliphatic rings. The predicted molar refractivity (Wildman–Crippen MR) is 126 cm³/mol. The number of hydrogen-bond acceptors (Lipinski definition) is 4. The molecule has 2 heterocycles. The molecule has 3 saturated carbocycles. The lowest BCUT2D eigenvalue weighted by Gasteiger charge is -2.61. The van der Waals surface area contributed by atoms with Crippen LogP contribution in [-0.2, 0) is 17.8 Å². The van der Waals surface area contributed by atoms with E-state index in [1.165, 1.54) is 11.1 Å². The number of rotatable bonds is 2. The smallest absolute Gasteiger partial charge is 0.255 e. The summed E-state index contributed by atoms with van der Waals surface area (Å²) in [5.74, 6) is 1.39. The van der Waals surface area contributed by atoms with Gasteiger partial charge in [-0.1, -0.05) is 25.1 Å². The summed E-state index contributed by atoms with van der Waals surface area (Å²) >= 11 is 0. The minimum Gasteiger partial charge on any atom is -0.497 e. The van der Waals surface area contributed by atoms with Crippen molar-refractivity contribution in [3.05, 3.63) is 59.2 Å². The second-order valence-electron chi connectivity index (χ2n) is 10.6. The summed E-state index contributed by atoms with van der Waals surface area (Å²) in [6.45, 7) is 3.68. The number of hydrogen-bond donors (Lipinski definition) is 2. The zero-order valence-electron chi connectivity index (χ0n) is 19.3. The number of ether oxygens (including phenoxy) is 1. The van der Waals surface area contributed by atoms with E-state index in [4.69, 9.17) is 4.74 Å². The van der Waals surface area contributed by atoms with Gasteiger partial charge in [-0.2, -0.15) is 0 Å². The molecule has 6 heteroatoms. The number of para-hydroxylation sites is 1. The van der Waals surface area contributed by atoms with Crippen LogP contribution in [0.4, 0.5) is 5.69 Å². The number of nitrogens with one attached hydrogen (secondary N) is 2. The Labute approximate surface area is 194 Å². The van der Waals surface area contributed by atoms with Gasteiger partial charge in [0.2, 0.25) is 5.91 Å². The summed E-state index contributed by atoms with van der Waals surface area (Å²) in [7, 11) is 1.69. The number of benzene rings is 2. The van der Waals surface area contributed by atoms with Crippen LogP contribution >= 0.6 is 0 Å². The van der Waals surface area contributed by atoms with E-state index in [-0.39, 0.29) is 29.1 Å². The van der Waals surface area contributed by atoms with Crippen LogP contribution in [0.5, 0.6) is 5.75 Å². The minimum atomic E-state index is -0.458. The Kier molecular flexibility index (Phi) is 4.51. The number of anilines is 1. The number of amides is 2. The number of carbonyl (C=O) groups is 2. The Morgan fingerprint density at radius 3 is 2.82 bits per heavy atom. The molecule has 2 N–H and O–H groups in total. The highest BCUT2D eigenvalue weighted by Gasteiger charge is 2.60. The molecule has 0 aromatic heterocycles. The molecule has 2 bridgehead atoms. The van der Waals surface area contributed by atoms with Crippen molar-refractivity contribution in [2.45, 2.75) is 51.2 Å². The van der Waals surface area contributed by atoms with Crippen LogP contribution in [0.2, 0.25) is 0 Å². The van der Waals surface area contributed by atoms with Crippen molar-refractivity contribution in [3.8, 4) is 5.75 Å². The SMILES string of the molecule is COc1ccc2c(c1)CCN(C(=O)[C@H]1C[C@H]3CC[C@]1(C)C[C@]31NC(=O)c3ccccc3N1)C2. The minimum absolute atomic E-state index is 0.00227. The third kappa shape index (κ3) is 3.14. The van der Waals surface area contributed by atoms with Gasteiger partial charge in [-0.3, -0.25) is 9.59 Å². The Hall–Kier alpha value is -3.02. The van der Waals surface area contributed by atoms with Crippen molar-refractivity contribution in [2.24, 2.45) is 17.3 Å². The van der Waals surface area contributed by atoms with Crippen LogP contribution in [0.25, 0.3) is 0 Å². The van der Waals surface area contributed by atoms with Gasteiger partial charge in [0, 0.05) is 30.6 Å². The number of nitrogens with zero attached hydrogens (tertiary/aromatic N) is 1. The van der Waals surface area contributed by atoms with Crippen molar-refractivity contribution in [3.63, 3.8) is 0 Å². The van der Waals surface area contributed by atoms with Crippen molar-refractivity contribution in [2.75, 3.05) is 19.0 Å². The van der Waals surface area contributed by atoms with Gasteiger partial charge in [0.05, 0.1) is 12.7 Å². The van der Waals surface area contributed by atoms with Crippen molar-refractivity contribution < 1.29 is 14.3 Å². The average molecular weight is 446 g/mol. The molecule has 172 valence electrons. The van der Waals surface area contributed by atoms with Crippen LogP contribution in [0.3, 0.4) is 0 Å². The van der Waals surface area contributed by atoms with Gasteiger partial charge in [0.15, 0.2) is 0 Å². The molecule has 2 amide bonds. The fourth-order valence-electron chi connectivity index (χ4n) is 6.89. The van der Waals surface area contributed by atoms with Gasteiger partial charge >= 0.3 is 0 Å². The largest absolute Gasteiger partial charge is 0.497 e. The maximum atomic E-state index is 13.8. The van der Waals surface area contributed by atoms with Gasteiger partial charge in [-0.15, -0.1) is 0 Å². The molecule has 33 heavy (non-hydrogen) atoms. The Balaban J connectivity index is 1.23. The highest BCUT2D eigenvalue weighted by atomic mass is 16.5. The fourth-order valence-corrected chi connectivity index (χ4v) is 6.89. The standard InChI is InChI=1S/C27H31N3O3/c1-26-11-9-19(27(16-26)28-23-6-4-3-5-21(23)24(31)29-27)14-22(26)25(32)30-12-10-17-13-20(33-2)8-7-18(17)15-30/h3-8,13,19,22,28H,9-12,14-16H2,1-2H3,(H,29,31)/t19-,22-,26-,27+/m1/s1. The summed E-state index contributed by atoms with van der Waals surface area (Å²) in [5, 5.41) is 7.01. The van der Waals surface area contributed by atoms with Gasteiger partial charge in [-0.05, 0) is 72.9 Å². The monoisotopic (exact) mass is 445 g/mol. The van der Waals surface area contributed by atoms with Crippen molar-refractivity contribution in [1.82, 2.24) is 10.2 Å². The van der Waals surface area contributed by atoms with E-state index in [1.54, 1.807) is 7.11 Å². The van der Waals surface area contributed by atoms with Gasteiger partial charge in [0.25, 0.3) is 5.91 Å². The Bertz CT molecular complexity index is 1150. The van der Waals surface area contributed by atoms with Crippen LogP contribution in [0, 0.1) is 17.3 Å². The van der Waals surface area contributed by atoms with Crippen LogP contribution < -0.4 is 15.4 Å². The maximum absolute atomic E-state index is 13.8. The second-order valence-corrected chi connectivity index (χ2v) is 10.6. The highest BCUT2D eigenvalue weighted by Crippen LogP contribution is 2.59. The van der Waals surface area contributed by atoms with Crippen molar-refractivity contribution in [1.29, 1.82) is 0 Å². The third-order valence-electron chi connectivity index (χ3n) is 8.71. The first-order valence-corrected chi connectivity index (χ1v) is 12.1. The fraction of sp³-hybridized carbons (Fsp3) is 0.481. The number of carbonyl (C=O) groups excluding carboxylic acids is 2. The van der Waals surface area contributed by atoms with Gasteiger partial charge in [-0.25, -0.2) is 0 Å². The van der Waals surface area contributed by atoms with E-state index in [1.807, 2.05) is 30.3 Å². The molecule has 1 spiro atoms. The quantitative estimate of drug-likeness (QED) is 0.734. The first kappa shape index (κ1) is 20.6. The molecule has 3 aliphatic carbocycles. The van der Waals surface area contributed by atoms with Crippen LogP contribution in [0.1, 0.15) is 54.1 Å². The Morgan fingerprint density at radius 1 is 1.15 bits per heavy atom. The number of methoxy groups -OCH3 is 1. The lowest BCUT2D eigenvalue weighted by molar-refractivity contribution is -0.151. The summed E-state index contributed by atoms with van der Waals surface area (Å²) < 4.78 is 5.36. The van der Waals surface area contributed by atoms with E-state index in [0.29, 0.717) is 12.1 Å². The summed E-state index contributed by atoms with van der Waals surface area (Å²) in [5.41, 5.74) is 3.50. The zero-order chi connectivity index (χ0) is 22.8. The van der Waals surface area contributed by atoms with Gasteiger partial charge < -0.3 is 20.3 Å². The van der Waals surface area contributed by atoms with E-state index in [0.717, 1.165) is 50.1 Å². The lowest BCUT2D eigenvalue weighted by Crippen LogP contribution is -2.70. The van der Waals surface area contributed by atoms with E-state index in [2.05, 4.69) is 34.6 Å². The van der Waals surface area contributed by atoms with Crippen LogP contribution in [-0.4, -0.2) is 36.0 Å². The normalized spacial score (nSPS) is 31.9. The molecule has 2 aromatic carbocycles. The Morgan fingerprint density at radius 2 is 2.00 bits per heavy atom. The lowest BCUT2D eigenvalue weighted by atomic mass is 9.51. The molecular weight excluding hydrogens is 414 g/mol. The molecule has 0 saturated heterocycles. The zero-order valence-corrected chi connectivity index (χ0v) is 19.3. The summed E-state index contributed by atoms with van der Waals surface area (Å²) in [4.78, 5) is 28.8. The molecule has 6 nitrogen and oxygen atoms in total. The first-order valence-electron chi connectivity index (χ1n) is 12.1. The molecule has 0 unspecified atom stereocenters. The molecule has 4 atom stereocenters. The van der Waals surface area contributed by atoms with Gasteiger partial charge in [0.1, 0.15) is 11.4 Å².